The molecule has 2 heteroatoms. The Morgan fingerprint density at radius 3 is 2.38 bits per heavy atom. The molecule has 1 aromatic rings. The summed E-state index contributed by atoms with van der Waals surface area (Å²) in [6.07, 6.45) is 5.10. The maximum atomic E-state index is 4.32. The van der Waals surface area contributed by atoms with E-state index in [1.54, 1.807) is 0 Å². The highest BCUT2D eigenvalue weighted by molar-refractivity contribution is 7.62. The lowest BCUT2D eigenvalue weighted by Gasteiger charge is -2.21. The molecular weight excluding hydrogens is 213 g/mol. The summed E-state index contributed by atoms with van der Waals surface area (Å²) in [5.74, 6) is 2.42. The Morgan fingerprint density at radius 1 is 1.19 bits per heavy atom. The number of rotatable bonds is 5. The number of hydrogen-bond donors (Lipinski definition) is 0. The molecule has 1 rings (SSSR count). The highest BCUT2D eigenvalue weighted by Gasteiger charge is 2.12. The maximum absolute atomic E-state index is 4.32. The molecule has 0 atom stereocenters. The van der Waals surface area contributed by atoms with Gasteiger partial charge in [-0.15, -0.1) is 0 Å². The standard InChI is InChI=1S/C14H22NP/c1-12(2)16(13(3)4)11-7-9-14-8-5-6-10-15-14/h5-8,10-13H,9H2,1-4H3. The molecular formula is C14H22NP. The van der Waals surface area contributed by atoms with Gasteiger partial charge in [0.2, 0.25) is 0 Å². The van der Waals surface area contributed by atoms with E-state index in [1.165, 1.54) is 0 Å². The van der Waals surface area contributed by atoms with Gasteiger partial charge in [-0.2, -0.15) is 0 Å². The number of hydrogen-bond acceptors (Lipinski definition) is 1. The van der Waals surface area contributed by atoms with Crippen LogP contribution in [0.3, 0.4) is 0 Å². The molecule has 0 radical (unpaired) electrons. The number of allylic oxidation sites excluding steroid dienone is 1. The number of pyridine rings is 1. The largest absolute Gasteiger partial charge is 0.261 e. The second-order valence-corrected chi connectivity index (χ2v) is 7.80. The summed E-state index contributed by atoms with van der Waals surface area (Å²) in [6.45, 7) is 9.27. The summed E-state index contributed by atoms with van der Waals surface area (Å²) in [4.78, 5) is 4.32. The van der Waals surface area contributed by atoms with Gasteiger partial charge in [0.25, 0.3) is 0 Å². The predicted molar refractivity (Wildman–Crippen MR) is 74.3 cm³/mol. The summed E-state index contributed by atoms with van der Waals surface area (Å²) in [7, 11) is 0.0168. The van der Waals surface area contributed by atoms with E-state index in [1.807, 2.05) is 18.3 Å². The molecule has 0 amide bonds. The van der Waals surface area contributed by atoms with Crippen molar-refractivity contribution >= 4 is 7.92 Å². The molecule has 88 valence electrons. The van der Waals surface area contributed by atoms with Crippen LogP contribution in [0.25, 0.3) is 0 Å². The minimum atomic E-state index is 0.0168. The van der Waals surface area contributed by atoms with Gasteiger partial charge >= 0.3 is 0 Å². The summed E-state index contributed by atoms with van der Waals surface area (Å²) in [5.41, 5.74) is 2.70. The van der Waals surface area contributed by atoms with E-state index in [9.17, 15) is 0 Å². The van der Waals surface area contributed by atoms with Crippen LogP contribution in [0, 0.1) is 0 Å². The molecule has 0 bridgehead atoms. The molecule has 0 aliphatic carbocycles. The van der Waals surface area contributed by atoms with Gasteiger partial charge in [0.05, 0.1) is 0 Å². The van der Waals surface area contributed by atoms with Crippen LogP contribution in [-0.4, -0.2) is 16.3 Å². The van der Waals surface area contributed by atoms with E-state index >= 15 is 0 Å². The summed E-state index contributed by atoms with van der Waals surface area (Å²) in [5, 5.41) is 0. The van der Waals surface area contributed by atoms with E-state index in [0.717, 1.165) is 23.4 Å². The van der Waals surface area contributed by atoms with Gasteiger partial charge < -0.3 is 0 Å². The Kier molecular flexibility index (Phi) is 5.69. The van der Waals surface area contributed by atoms with E-state index < -0.39 is 0 Å². The monoisotopic (exact) mass is 235 g/mol. The fraction of sp³-hybridized carbons (Fsp3) is 0.500. The second-order valence-electron chi connectivity index (χ2n) is 4.54. The minimum Gasteiger partial charge on any atom is -0.261 e. The molecule has 0 aliphatic rings. The molecule has 1 nitrogen and oxygen atoms in total. The van der Waals surface area contributed by atoms with Gasteiger partial charge in [0, 0.05) is 18.3 Å². The summed E-state index contributed by atoms with van der Waals surface area (Å²) in [6, 6.07) is 6.09. The van der Waals surface area contributed by atoms with Gasteiger partial charge in [-0.1, -0.05) is 53.6 Å². The molecule has 1 aromatic heterocycles. The van der Waals surface area contributed by atoms with E-state index in [0.29, 0.717) is 0 Å². The van der Waals surface area contributed by atoms with Crippen LogP contribution in [0.2, 0.25) is 0 Å². The minimum absolute atomic E-state index is 0.0168. The van der Waals surface area contributed by atoms with Crippen molar-refractivity contribution in [3.8, 4) is 0 Å². The lowest BCUT2D eigenvalue weighted by molar-refractivity contribution is 1.02. The van der Waals surface area contributed by atoms with Crippen LogP contribution in [-0.2, 0) is 6.42 Å². The topological polar surface area (TPSA) is 12.9 Å². The van der Waals surface area contributed by atoms with Gasteiger partial charge in [-0.3, -0.25) is 4.98 Å². The average Bonchev–Trinajstić information content (AvgIpc) is 2.24. The van der Waals surface area contributed by atoms with Crippen molar-refractivity contribution in [2.45, 2.75) is 45.4 Å². The number of nitrogens with zero attached hydrogens (tertiary/aromatic N) is 1. The van der Waals surface area contributed by atoms with Crippen molar-refractivity contribution < 1.29 is 0 Å². The first-order valence-corrected chi connectivity index (χ1v) is 7.50. The van der Waals surface area contributed by atoms with Gasteiger partial charge in [-0.05, 0) is 23.5 Å². The third-order valence-electron chi connectivity index (χ3n) is 2.52. The molecule has 0 aliphatic heterocycles. The predicted octanol–water partition coefficient (Wildman–Crippen LogP) is 4.44. The average molecular weight is 235 g/mol. The Bertz CT molecular complexity index is 309. The van der Waals surface area contributed by atoms with Crippen LogP contribution in [0.1, 0.15) is 33.4 Å². The van der Waals surface area contributed by atoms with Crippen LogP contribution in [0.4, 0.5) is 0 Å². The summed E-state index contributed by atoms with van der Waals surface area (Å²) < 4.78 is 0. The quantitative estimate of drug-likeness (QED) is 0.688. The third kappa shape index (κ3) is 4.45. The fourth-order valence-electron chi connectivity index (χ4n) is 1.75. The highest BCUT2D eigenvalue weighted by Crippen LogP contribution is 2.47. The first kappa shape index (κ1) is 13.4. The van der Waals surface area contributed by atoms with E-state index in [4.69, 9.17) is 0 Å². The first-order valence-electron chi connectivity index (χ1n) is 5.95. The van der Waals surface area contributed by atoms with E-state index in [-0.39, 0.29) is 7.92 Å². The lowest BCUT2D eigenvalue weighted by Crippen LogP contribution is -2.00. The van der Waals surface area contributed by atoms with Crippen molar-refractivity contribution in [1.82, 2.24) is 4.98 Å². The lowest BCUT2D eigenvalue weighted by atomic mass is 10.3. The van der Waals surface area contributed by atoms with Crippen molar-refractivity contribution in [3.63, 3.8) is 0 Å². The molecule has 0 aromatic carbocycles. The van der Waals surface area contributed by atoms with Crippen molar-refractivity contribution in [2.75, 3.05) is 0 Å². The Balaban J connectivity index is 2.53. The SMILES string of the molecule is CC(C)P(C=CCc1ccccn1)C(C)C. The van der Waals surface area contributed by atoms with Gasteiger partial charge in [-0.25, -0.2) is 0 Å². The zero-order chi connectivity index (χ0) is 12.0. The van der Waals surface area contributed by atoms with Crippen LogP contribution in [0.15, 0.2) is 36.3 Å². The van der Waals surface area contributed by atoms with Gasteiger partial charge in [0.1, 0.15) is 0 Å². The molecule has 0 N–H and O–H groups in total. The van der Waals surface area contributed by atoms with Crippen molar-refractivity contribution in [1.29, 1.82) is 0 Å². The summed E-state index contributed by atoms with van der Waals surface area (Å²) >= 11 is 0. The smallest absolute Gasteiger partial charge is 0.0441 e. The highest BCUT2D eigenvalue weighted by atomic mass is 31.1. The molecule has 0 unspecified atom stereocenters. The maximum Gasteiger partial charge on any atom is 0.0441 e. The third-order valence-corrected chi connectivity index (χ3v) is 5.46. The van der Waals surface area contributed by atoms with Gasteiger partial charge in [0.15, 0.2) is 0 Å². The van der Waals surface area contributed by atoms with Crippen LogP contribution in [0.5, 0.6) is 0 Å². The molecule has 0 spiro atoms. The molecule has 0 fully saturated rings. The fourth-order valence-corrected chi connectivity index (χ4v) is 3.98. The van der Waals surface area contributed by atoms with Crippen LogP contribution >= 0.6 is 7.92 Å². The molecule has 1 heterocycles. The first-order chi connectivity index (χ1) is 7.61. The van der Waals surface area contributed by atoms with Crippen molar-refractivity contribution in [2.24, 2.45) is 0 Å². The molecule has 16 heavy (non-hydrogen) atoms. The Morgan fingerprint density at radius 2 is 1.88 bits per heavy atom. The normalized spacial score (nSPS) is 12.2. The van der Waals surface area contributed by atoms with Crippen LogP contribution < -0.4 is 0 Å². The van der Waals surface area contributed by atoms with Crippen molar-refractivity contribution in [3.05, 3.63) is 42.0 Å². The molecule has 0 saturated carbocycles. The number of aromatic nitrogens is 1. The second kappa shape index (κ2) is 6.81. The zero-order valence-corrected chi connectivity index (χ0v) is 11.6. The molecule has 0 saturated heterocycles. The Hall–Kier alpha value is -0.680. The zero-order valence-electron chi connectivity index (χ0n) is 10.7. The van der Waals surface area contributed by atoms with E-state index in [2.05, 4.69) is 50.6 Å². The Labute approximate surface area is 101 Å².